The van der Waals surface area contributed by atoms with Gasteiger partial charge in [0.05, 0.1) is 5.41 Å². The Morgan fingerprint density at radius 1 is 1.35 bits per heavy atom. The van der Waals surface area contributed by atoms with Crippen LogP contribution in [0, 0.1) is 5.41 Å². The van der Waals surface area contributed by atoms with Gasteiger partial charge in [-0.05, 0) is 56.7 Å². The molecule has 2 aliphatic rings. The van der Waals surface area contributed by atoms with Crippen molar-refractivity contribution in [1.29, 1.82) is 0 Å². The van der Waals surface area contributed by atoms with Crippen molar-refractivity contribution >= 4 is 5.97 Å². The highest BCUT2D eigenvalue weighted by Gasteiger charge is 2.40. The zero-order valence-corrected chi connectivity index (χ0v) is 12.1. The van der Waals surface area contributed by atoms with Crippen LogP contribution in [0.25, 0.3) is 0 Å². The topological polar surface area (TPSA) is 40.5 Å². The number of benzene rings is 1. The number of hydrogen-bond donors (Lipinski definition) is 1. The Labute approximate surface area is 120 Å². The third-order valence-corrected chi connectivity index (χ3v) is 5.02. The third kappa shape index (κ3) is 2.35. The zero-order chi connectivity index (χ0) is 14.2. The quantitative estimate of drug-likeness (QED) is 0.899. The van der Waals surface area contributed by atoms with Crippen molar-refractivity contribution < 1.29 is 9.90 Å². The molecule has 1 saturated heterocycles. The summed E-state index contributed by atoms with van der Waals surface area (Å²) < 4.78 is 0. The fourth-order valence-corrected chi connectivity index (χ4v) is 3.83. The number of hydrogen-bond acceptors (Lipinski definition) is 2. The molecule has 20 heavy (non-hydrogen) atoms. The molecular weight excluding hydrogens is 250 g/mol. The van der Waals surface area contributed by atoms with Gasteiger partial charge >= 0.3 is 5.97 Å². The minimum Gasteiger partial charge on any atom is -0.481 e. The van der Waals surface area contributed by atoms with E-state index < -0.39 is 11.4 Å². The number of aliphatic carboxylic acids is 1. The maximum atomic E-state index is 11.5. The van der Waals surface area contributed by atoms with Gasteiger partial charge in [-0.1, -0.05) is 24.3 Å². The molecule has 1 fully saturated rings. The summed E-state index contributed by atoms with van der Waals surface area (Å²) >= 11 is 0. The fourth-order valence-electron chi connectivity index (χ4n) is 3.83. The van der Waals surface area contributed by atoms with Crippen LogP contribution in [0.15, 0.2) is 24.3 Å². The number of nitrogens with zero attached hydrogens (tertiary/aromatic N) is 1. The first kappa shape index (κ1) is 13.6. The highest BCUT2D eigenvalue weighted by Crippen LogP contribution is 2.39. The maximum absolute atomic E-state index is 11.5. The molecule has 3 rings (SSSR count). The Hall–Kier alpha value is -1.35. The van der Waals surface area contributed by atoms with E-state index in [1.165, 1.54) is 17.5 Å². The van der Waals surface area contributed by atoms with Crippen molar-refractivity contribution in [1.82, 2.24) is 4.90 Å². The van der Waals surface area contributed by atoms with Crippen LogP contribution < -0.4 is 0 Å². The summed E-state index contributed by atoms with van der Waals surface area (Å²) in [7, 11) is 0. The van der Waals surface area contributed by atoms with Crippen LogP contribution >= 0.6 is 0 Å². The van der Waals surface area contributed by atoms with Crippen molar-refractivity contribution in [3.05, 3.63) is 35.4 Å². The highest BCUT2D eigenvalue weighted by atomic mass is 16.4. The minimum absolute atomic E-state index is 0.416. The van der Waals surface area contributed by atoms with Crippen LogP contribution in [0.5, 0.6) is 0 Å². The molecule has 1 N–H and O–H groups in total. The highest BCUT2D eigenvalue weighted by molar-refractivity contribution is 5.74. The van der Waals surface area contributed by atoms with E-state index in [0.29, 0.717) is 12.6 Å². The fraction of sp³-hybridized carbons (Fsp3) is 0.588. The van der Waals surface area contributed by atoms with Crippen molar-refractivity contribution in [3.8, 4) is 0 Å². The lowest BCUT2D eigenvalue weighted by molar-refractivity contribution is -0.152. The molecule has 1 aromatic rings. The van der Waals surface area contributed by atoms with E-state index in [0.717, 1.165) is 32.2 Å². The van der Waals surface area contributed by atoms with Gasteiger partial charge in [-0.2, -0.15) is 0 Å². The molecule has 0 spiro atoms. The van der Waals surface area contributed by atoms with E-state index in [2.05, 4.69) is 29.2 Å². The summed E-state index contributed by atoms with van der Waals surface area (Å²) in [6.07, 6.45) is 5.32. The monoisotopic (exact) mass is 273 g/mol. The SMILES string of the molecule is CC1(C(=O)O)CCCN(C2CCCc3ccccc32)C1. The van der Waals surface area contributed by atoms with Crippen LogP contribution in [-0.4, -0.2) is 29.1 Å². The summed E-state index contributed by atoms with van der Waals surface area (Å²) in [5, 5.41) is 9.48. The lowest BCUT2D eigenvalue weighted by atomic mass is 9.79. The Bertz CT molecular complexity index is 513. The Morgan fingerprint density at radius 2 is 2.15 bits per heavy atom. The number of likely N-dealkylation sites (tertiary alicyclic amines) is 1. The molecule has 0 saturated carbocycles. The summed E-state index contributed by atoms with van der Waals surface area (Å²) in [6.45, 7) is 3.61. The Kier molecular flexibility index (Phi) is 3.55. The first-order valence-corrected chi connectivity index (χ1v) is 7.65. The van der Waals surface area contributed by atoms with Crippen LogP contribution in [0.3, 0.4) is 0 Å². The van der Waals surface area contributed by atoms with Crippen molar-refractivity contribution in [2.24, 2.45) is 5.41 Å². The van der Waals surface area contributed by atoms with Gasteiger partial charge in [0.2, 0.25) is 0 Å². The smallest absolute Gasteiger partial charge is 0.310 e. The first-order valence-electron chi connectivity index (χ1n) is 7.65. The largest absolute Gasteiger partial charge is 0.481 e. The number of piperidine rings is 1. The lowest BCUT2D eigenvalue weighted by Gasteiger charge is -2.43. The predicted octanol–water partition coefficient (Wildman–Crippen LogP) is 3.25. The minimum atomic E-state index is -0.647. The molecule has 2 unspecified atom stereocenters. The van der Waals surface area contributed by atoms with Gasteiger partial charge in [-0.25, -0.2) is 0 Å². The molecule has 3 heteroatoms. The third-order valence-electron chi connectivity index (χ3n) is 5.02. The number of fused-ring (bicyclic) bond motifs is 1. The lowest BCUT2D eigenvalue weighted by Crippen LogP contribution is -2.47. The molecule has 2 atom stereocenters. The zero-order valence-electron chi connectivity index (χ0n) is 12.1. The van der Waals surface area contributed by atoms with Gasteiger partial charge in [0.25, 0.3) is 0 Å². The molecular formula is C17H23NO2. The molecule has 0 bridgehead atoms. The standard InChI is InChI=1S/C17H23NO2/c1-17(16(19)20)10-5-11-18(12-17)15-9-4-7-13-6-2-3-8-14(13)15/h2-3,6,8,15H,4-5,7,9-12H2,1H3,(H,19,20). The van der Waals surface area contributed by atoms with Crippen molar-refractivity contribution in [2.75, 3.05) is 13.1 Å². The molecule has 0 aromatic heterocycles. The van der Waals surface area contributed by atoms with Crippen LogP contribution in [0.1, 0.15) is 49.8 Å². The first-order chi connectivity index (χ1) is 9.60. The van der Waals surface area contributed by atoms with Crippen LogP contribution in [-0.2, 0) is 11.2 Å². The van der Waals surface area contributed by atoms with E-state index in [1.54, 1.807) is 0 Å². The summed E-state index contributed by atoms with van der Waals surface area (Å²) in [5.41, 5.74) is 2.30. The molecule has 1 aliphatic heterocycles. The van der Waals surface area contributed by atoms with E-state index in [1.807, 2.05) is 6.92 Å². The molecule has 3 nitrogen and oxygen atoms in total. The molecule has 108 valence electrons. The second kappa shape index (κ2) is 5.21. The second-order valence-electron chi connectivity index (χ2n) is 6.55. The van der Waals surface area contributed by atoms with Gasteiger partial charge in [0.15, 0.2) is 0 Å². The van der Waals surface area contributed by atoms with Crippen molar-refractivity contribution in [2.45, 2.75) is 45.1 Å². The molecule has 0 amide bonds. The summed E-state index contributed by atoms with van der Waals surface area (Å²) in [6, 6.07) is 9.09. The van der Waals surface area contributed by atoms with Gasteiger partial charge in [-0.15, -0.1) is 0 Å². The molecule has 1 aromatic carbocycles. The second-order valence-corrected chi connectivity index (χ2v) is 6.55. The van der Waals surface area contributed by atoms with Crippen LogP contribution in [0.4, 0.5) is 0 Å². The number of aryl methyl sites for hydroxylation is 1. The predicted molar refractivity (Wildman–Crippen MR) is 78.7 cm³/mol. The van der Waals surface area contributed by atoms with Gasteiger partial charge in [0.1, 0.15) is 0 Å². The van der Waals surface area contributed by atoms with Crippen molar-refractivity contribution in [3.63, 3.8) is 0 Å². The summed E-state index contributed by atoms with van der Waals surface area (Å²) in [4.78, 5) is 13.9. The van der Waals surface area contributed by atoms with E-state index in [-0.39, 0.29) is 0 Å². The average molecular weight is 273 g/mol. The number of carboxylic acids is 1. The normalized spacial score (nSPS) is 30.8. The summed E-state index contributed by atoms with van der Waals surface area (Å²) in [5.74, 6) is -0.647. The molecule has 1 aliphatic carbocycles. The van der Waals surface area contributed by atoms with Gasteiger partial charge in [-0.3, -0.25) is 9.69 Å². The van der Waals surface area contributed by atoms with Gasteiger partial charge in [0, 0.05) is 12.6 Å². The number of carboxylic acid groups (broad SMARTS) is 1. The molecule has 0 radical (unpaired) electrons. The van der Waals surface area contributed by atoms with E-state index in [9.17, 15) is 9.90 Å². The maximum Gasteiger partial charge on any atom is 0.310 e. The van der Waals surface area contributed by atoms with Gasteiger partial charge < -0.3 is 5.11 Å². The Morgan fingerprint density at radius 3 is 2.95 bits per heavy atom. The van der Waals surface area contributed by atoms with E-state index in [4.69, 9.17) is 0 Å². The van der Waals surface area contributed by atoms with Crippen LogP contribution in [0.2, 0.25) is 0 Å². The molecule has 1 heterocycles. The number of rotatable bonds is 2. The van der Waals surface area contributed by atoms with E-state index >= 15 is 0 Å². The average Bonchev–Trinajstić information content (AvgIpc) is 2.46. The number of carbonyl (C=O) groups is 1. The Balaban J connectivity index is 1.85.